The predicted octanol–water partition coefficient (Wildman–Crippen LogP) is 1.39. The van der Waals surface area contributed by atoms with E-state index >= 15 is 0 Å². The van der Waals surface area contributed by atoms with Crippen molar-refractivity contribution in [2.45, 2.75) is 32.7 Å². The molecular formula is C12H19N5O. The van der Waals surface area contributed by atoms with Gasteiger partial charge in [-0.2, -0.15) is 10.1 Å². The third-order valence-corrected chi connectivity index (χ3v) is 2.62. The van der Waals surface area contributed by atoms with E-state index in [-0.39, 0.29) is 6.04 Å². The quantitative estimate of drug-likeness (QED) is 0.865. The van der Waals surface area contributed by atoms with Gasteiger partial charge in [-0.05, 0) is 18.4 Å². The van der Waals surface area contributed by atoms with Crippen molar-refractivity contribution in [1.82, 2.24) is 19.9 Å². The summed E-state index contributed by atoms with van der Waals surface area (Å²) in [6, 6.07) is 1.91. The van der Waals surface area contributed by atoms with Crippen LogP contribution >= 0.6 is 0 Å². The third kappa shape index (κ3) is 3.16. The van der Waals surface area contributed by atoms with Crippen molar-refractivity contribution in [2.24, 2.45) is 18.7 Å². The van der Waals surface area contributed by atoms with Crippen molar-refractivity contribution in [3.8, 4) is 11.5 Å². The first kappa shape index (κ1) is 12.8. The molecular weight excluding hydrogens is 230 g/mol. The fourth-order valence-electron chi connectivity index (χ4n) is 1.89. The van der Waals surface area contributed by atoms with Crippen LogP contribution in [0.25, 0.3) is 11.5 Å². The van der Waals surface area contributed by atoms with Gasteiger partial charge < -0.3 is 10.3 Å². The number of rotatable bonds is 5. The first-order valence-corrected chi connectivity index (χ1v) is 6.12. The molecule has 2 N–H and O–H groups in total. The molecule has 0 aromatic carbocycles. The molecule has 2 aromatic rings. The second-order valence-corrected chi connectivity index (χ2v) is 4.98. The van der Waals surface area contributed by atoms with E-state index in [1.807, 2.05) is 19.3 Å². The fourth-order valence-corrected chi connectivity index (χ4v) is 1.89. The maximum absolute atomic E-state index is 6.01. The highest BCUT2D eigenvalue weighted by Gasteiger charge is 2.14. The average molecular weight is 249 g/mol. The molecule has 2 rings (SSSR count). The monoisotopic (exact) mass is 249 g/mol. The summed E-state index contributed by atoms with van der Waals surface area (Å²) in [5.41, 5.74) is 6.72. The summed E-state index contributed by atoms with van der Waals surface area (Å²) in [6.07, 6.45) is 3.40. The van der Waals surface area contributed by atoms with Gasteiger partial charge in [-0.15, -0.1) is 0 Å². The van der Waals surface area contributed by atoms with Gasteiger partial charge in [0.15, 0.2) is 0 Å². The molecule has 1 unspecified atom stereocenters. The average Bonchev–Trinajstić information content (AvgIpc) is 2.85. The van der Waals surface area contributed by atoms with Crippen LogP contribution in [0.3, 0.4) is 0 Å². The summed E-state index contributed by atoms with van der Waals surface area (Å²) in [4.78, 5) is 4.31. The molecule has 0 aliphatic heterocycles. The van der Waals surface area contributed by atoms with Crippen LogP contribution in [0.15, 0.2) is 16.8 Å². The number of hydrogen-bond donors (Lipinski definition) is 1. The molecule has 0 fully saturated rings. The Morgan fingerprint density at radius 1 is 1.44 bits per heavy atom. The first-order valence-electron chi connectivity index (χ1n) is 6.12. The summed E-state index contributed by atoms with van der Waals surface area (Å²) in [5, 5.41) is 8.14. The van der Waals surface area contributed by atoms with Crippen molar-refractivity contribution in [2.75, 3.05) is 0 Å². The minimum atomic E-state index is 0.0574. The molecule has 0 saturated carbocycles. The van der Waals surface area contributed by atoms with Gasteiger partial charge in [-0.1, -0.05) is 19.0 Å². The van der Waals surface area contributed by atoms with Gasteiger partial charge in [-0.25, -0.2) is 0 Å². The van der Waals surface area contributed by atoms with Gasteiger partial charge in [0.2, 0.25) is 11.7 Å². The number of aromatic nitrogens is 4. The molecule has 18 heavy (non-hydrogen) atoms. The highest BCUT2D eigenvalue weighted by atomic mass is 16.5. The van der Waals surface area contributed by atoms with Gasteiger partial charge in [0.25, 0.3) is 0 Å². The zero-order valence-corrected chi connectivity index (χ0v) is 11.0. The Morgan fingerprint density at radius 3 is 2.83 bits per heavy atom. The molecule has 0 spiro atoms. The molecule has 2 heterocycles. The van der Waals surface area contributed by atoms with E-state index in [0.717, 1.165) is 6.42 Å². The third-order valence-electron chi connectivity index (χ3n) is 2.62. The summed E-state index contributed by atoms with van der Waals surface area (Å²) < 4.78 is 6.89. The lowest BCUT2D eigenvalue weighted by Gasteiger charge is -2.10. The Morgan fingerprint density at radius 2 is 2.22 bits per heavy atom. The first-order chi connectivity index (χ1) is 8.54. The minimum absolute atomic E-state index is 0.0574. The van der Waals surface area contributed by atoms with E-state index in [0.29, 0.717) is 29.7 Å². The molecule has 6 nitrogen and oxygen atoms in total. The predicted molar refractivity (Wildman–Crippen MR) is 67.6 cm³/mol. The van der Waals surface area contributed by atoms with E-state index in [1.165, 1.54) is 0 Å². The largest absolute Gasteiger partial charge is 0.339 e. The Hall–Kier alpha value is -1.69. The Labute approximate surface area is 106 Å². The van der Waals surface area contributed by atoms with Crippen LogP contribution in [0.5, 0.6) is 0 Å². The number of nitrogens with two attached hydrogens (primary N) is 1. The second-order valence-electron chi connectivity index (χ2n) is 4.98. The van der Waals surface area contributed by atoms with Gasteiger partial charge in [0.1, 0.15) is 5.69 Å². The molecule has 0 saturated heterocycles. The lowest BCUT2D eigenvalue weighted by molar-refractivity contribution is 0.359. The normalized spacial score (nSPS) is 13.2. The summed E-state index contributed by atoms with van der Waals surface area (Å²) in [7, 11) is 1.85. The Bertz CT molecular complexity index is 502. The van der Waals surface area contributed by atoms with Crippen LogP contribution in [0.1, 0.15) is 26.2 Å². The van der Waals surface area contributed by atoms with Crippen LogP contribution in [0.2, 0.25) is 0 Å². The molecule has 0 radical (unpaired) electrons. The fraction of sp³-hybridized carbons (Fsp3) is 0.583. The van der Waals surface area contributed by atoms with Gasteiger partial charge in [0.05, 0.1) is 0 Å². The molecule has 2 aromatic heterocycles. The van der Waals surface area contributed by atoms with Crippen LogP contribution in [-0.4, -0.2) is 26.0 Å². The lowest BCUT2D eigenvalue weighted by atomic mass is 10.0. The molecule has 0 aliphatic rings. The zero-order chi connectivity index (χ0) is 13.1. The van der Waals surface area contributed by atoms with E-state index in [4.69, 9.17) is 10.3 Å². The highest BCUT2D eigenvalue weighted by molar-refractivity contribution is 5.46. The van der Waals surface area contributed by atoms with E-state index < -0.39 is 0 Å². The smallest absolute Gasteiger partial charge is 0.228 e. The van der Waals surface area contributed by atoms with Gasteiger partial charge >= 0.3 is 0 Å². The second kappa shape index (κ2) is 5.30. The van der Waals surface area contributed by atoms with Crippen molar-refractivity contribution in [1.29, 1.82) is 0 Å². The molecule has 0 aliphatic carbocycles. The van der Waals surface area contributed by atoms with E-state index in [2.05, 4.69) is 29.1 Å². The number of nitrogens with zero attached hydrogens (tertiary/aromatic N) is 4. The SMILES string of the molecule is CC(C)CC(N)Cc1nc(-c2ccn(C)n2)no1. The number of aryl methyl sites for hydroxylation is 1. The van der Waals surface area contributed by atoms with Gasteiger partial charge in [0, 0.05) is 25.7 Å². The van der Waals surface area contributed by atoms with Crippen LogP contribution in [0.4, 0.5) is 0 Å². The van der Waals surface area contributed by atoms with Crippen LogP contribution in [0, 0.1) is 5.92 Å². The van der Waals surface area contributed by atoms with E-state index in [9.17, 15) is 0 Å². The Kier molecular flexibility index (Phi) is 3.76. The summed E-state index contributed by atoms with van der Waals surface area (Å²) >= 11 is 0. The Balaban J connectivity index is 2.02. The standard InChI is InChI=1S/C12H19N5O/c1-8(2)6-9(13)7-11-14-12(16-18-11)10-4-5-17(3)15-10/h4-5,8-9H,6-7,13H2,1-3H3. The highest BCUT2D eigenvalue weighted by Crippen LogP contribution is 2.14. The summed E-state index contributed by atoms with van der Waals surface area (Å²) in [5.74, 6) is 1.66. The van der Waals surface area contributed by atoms with Crippen LogP contribution in [-0.2, 0) is 13.5 Å². The van der Waals surface area contributed by atoms with Crippen molar-refractivity contribution in [3.63, 3.8) is 0 Å². The molecule has 0 amide bonds. The number of hydrogen-bond acceptors (Lipinski definition) is 5. The molecule has 1 atom stereocenters. The summed E-state index contributed by atoms with van der Waals surface area (Å²) in [6.45, 7) is 4.29. The van der Waals surface area contributed by atoms with Gasteiger partial charge in [-0.3, -0.25) is 4.68 Å². The lowest BCUT2D eigenvalue weighted by Crippen LogP contribution is -2.24. The molecule has 6 heteroatoms. The van der Waals surface area contributed by atoms with E-state index in [1.54, 1.807) is 4.68 Å². The topological polar surface area (TPSA) is 82.8 Å². The zero-order valence-electron chi connectivity index (χ0n) is 11.0. The maximum Gasteiger partial charge on any atom is 0.228 e. The maximum atomic E-state index is 6.01. The minimum Gasteiger partial charge on any atom is -0.339 e. The molecule has 0 bridgehead atoms. The van der Waals surface area contributed by atoms with Crippen molar-refractivity contribution >= 4 is 0 Å². The van der Waals surface area contributed by atoms with Crippen molar-refractivity contribution < 1.29 is 4.52 Å². The van der Waals surface area contributed by atoms with Crippen LogP contribution < -0.4 is 5.73 Å². The molecule has 98 valence electrons. The van der Waals surface area contributed by atoms with Crippen molar-refractivity contribution in [3.05, 3.63) is 18.2 Å².